The van der Waals surface area contributed by atoms with Gasteiger partial charge in [-0.1, -0.05) is 36.4 Å². The van der Waals surface area contributed by atoms with Gasteiger partial charge in [0.1, 0.15) is 28.8 Å². The van der Waals surface area contributed by atoms with Crippen LogP contribution in [0.25, 0.3) is 39.1 Å². The molecule has 7 nitrogen and oxygen atoms in total. The number of fused-ring (bicyclic) bond motifs is 3. The van der Waals surface area contributed by atoms with Gasteiger partial charge in [0.15, 0.2) is 0 Å². The van der Waals surface area contributed by atoms with Crippen molar-refractivity contribution >= 4 is 27.6 Å². The zero-order valence-electron chi connectivity index (χ0n) is 22.1. The molecule has 6 aromatic rings. The van der Waals surface area contributed by atoms with Crippen LogP contribution in [0, 0.1) is 6.92 Å². The first-order chi connectivity index (χ1) is 19.1. The third kappa shape index (κ3) is 3.90. The summed E-state index contributed by atoms with van der Waals surface area (Å²) >= 11 is 0. The first kappa shape index (κ1) is 23.1. The van der Waals surface area contributed by atoms with Gasteiger partial charge in [-0.2, -0.15) is 0 Å². The molecule has 0 unspecified atom stereocenters. The van der Waals surface area contributed by atoms with Gasteiger partial charge in [0.2, 0.25) is 0 Å². The van der Waals surface area contributed by atoms with Gasteiger partial charge in [0.25, 0.3) is 0 Å². The first-order valence-electron chi connectivity index (χ1n) is 13.0. The zero-order chi connectivity index (χ0) is 26.5. The number of para-hydroxylation sites is 1. The van der Waals surface area contributed by atoms with E-state index in [1.54, 1.807) is 0 Å². The summed E-state index contributed by atoms with van der Waals surface area (Å²) in [5.41, 5.74) is 5.04. The molecular weight excluding hydrogens is 484 g/mol. The van der Waals surface area contributed by atoms with Crippen LogP contribution in [0.2, 0.25) is 0 Å². The van der Waals surface area contributed by atoms with Gasteiger partial charge < -0.3 is 19.1 Å². The number of rotatable bonds is 5. The number of aryl methyl sites for hydroxylation is 1. The number of nitrogens with zero attached hydrogens (tertiary/aromatic N) is 6. The number of imidazole rings is 1. The smallest absolute Gasteiger partial charge is 0.146 e. The minimum Gasteiger partial charge on any atom is -0.457 e. The lowest BCUT2D eigenvalue weighted by molar-refractivity contribution is 0.481. The Kier molecular flexibility index (Phi) is 5.37. The fourth-order valence-electron chi connectivity index (χ4n) is 5.46. The molecule has 0 spiro atoms. The molecule has 1 aliphatic rings. The van der Waals surface area contributed by atoms with Gasteiger partial charge in [-0.15, -0.1) is 0 Å². The predicted molar refractivity (Wildman–Crippen MR) is 156 cm³/mol. The summed E-state index contributed by atoms with van der Waals surface area (Å²) in [5, 5.41) is 2.31. The largest absolute Gasteiger partial charge is 0.457 e. The number of ether oxygens (including phenoxy) is 1. The molecule has 3 aromatic heterocycles. The van der Waals surface area contributed by atoms with Crippen molar-refractivity contribution in [3.05, 3.63) is 109 Å². The minimum absolute atomic E-state index is 0.763. The second-order valence-corrected chi connectivity index (χ2v) is 9.92. The Bertz CT molecular complexity index is 1830. The summed E-state index contributed by atoms with van der Waals surface area (Å²) in [5.74, 6) is 3.42. The quantitative estimate of drug-likeness (QED) is 0.253. The predicted octanol–water partition coefficient (Wildman–Crippen LogP) is 6.86. The monoisotopic (exact) mass is 512 g/mol. The lowest BCUT2D eigenvalue weighted by Gasteiger charge is -2.19. The number of benzene rings is 3. The summed E-state index contributed by atoms with van der Waals surface area (Å²) in [6, 6.07) is 28.8. The van der Waals surface area contributed by atoms with E-state index in [0.29, 0.717) is 0 Å². The molecule has 192 valence electrons. The number of hydrogen-bond donors (Lipinski definition) is 0. The van der Waals surface area contributed by atoms with E-state index in [9.17, 15) is 0 Å². The van der Waals surface area contributed by atoms with Crippen LogP contribution in [0.15, 0.2) is 104 Å². The van der Waals surface area contributed by atoms with Gasteiger partial charge in [0.05, 0.1) is 17.9 Å². The number of aromatic nitrogens is 4. The second-order valence-electron chi connectivity index (χ2n) is 9.92. The normalized spacial score (nSPS) is 13.2. The molecule has 0 aliphatic carbocycles. The van der Waals surface area contributed by atoms with E-state index in [2.05, 4.69) is 101 Å². The fraction of sp³-hybridized carbons (Fsp3) is 0.125. The van der Waals surface area contributed by atoms with Crippen LogP contribution >= 0.6 is 0 Å². The van der Waals surface area contributed by atoms with Crippen molar-refractivity contribution < 1.29 is 4.74 Å². The van der Waals surface area contributed by atoms with Gasteiger partial charge >= 0.3 is 0 Å². The van der Waals surface area contributed by atoms with Crippen molar-refractivity contribution in [1.29, 1.82) is 0 Å². The summed E-state index contributed by atoms with van der Waals surface area (Å²) in [4.78, 5) is 14.1. The highest BCUT2D eigenvalue weighted by atomic mass is 16.5. The maximum atomic E-state index is 6.32. The highest BCUT2D eigenvalue weighted by Gasteiger charge is 2.20. The van der Waals surface area contributed by atoms with E-state index < -0.39 is 0 Å². The highest BCUT2D eigenvalue weighted by molar-refractivity contribution is 6.07. The molecule has 0 atom stereocenters. The molecule has 4 heterocycles. The topological polar surface area (TPSA) is 51.4 Å². The fourth-order valence-corrected chi connectivity index (χ4v) is 5.46. The summed E-state index contributed by atoms with van der Waals surface area (Å²) in [6.07, 6.45) is 5.99. The summed E-state index contributed by atoms with van der Waals surface area (Å²) in [6.45, 7) is 2.87. The van der Waals surface area contributed by atoms with Crippen LogP contribution in [0.5, 0.6) is 11.5 Å². The molecule has 39 heavy (non-hydrogen) atoms. The Balaban J connectivity index is 1.26. The molecule has 0 fully saturated rings. The van der Waals surface area contributed by atoms with E-state index in [4.69, 9.17) is 14.7 Å². The number of hydrogen-bond acceptors (Lipinski definition) is 5. The van der Waals surface area contributed by atoms with E-state index in [1.165, 1.54) is 5.39 Å². The average molecular weight is 513 g/mol. The van der Waals surface area contributed by atoms with E-state index in [1.807, 2.05) is 42.6 Å². The average Bonchev–Trinajstić information content (AvgIpc) is 3.62. The van der Waals surface area contributed by atoms with Crippen LogP contribution in [0.1, 0.15) is 5.69 Å². The first-order valence-corrected chi connectivity index (χ1v) is 13.0. The summed E-state index contributed by atoms with van der Waals surface area (Å²) < 4.78 is 10.7. The number of anilines is 1. The van der Waals surface area contributed by atoms with Gasteiger partial charge in [0, 0.05) is 60.8 Å². The van der Waals surface area contributed by atoms with E-state index >= 15 is 0 Å². The minimum atomic E-state index is 0.763. The molecule has 0 amide bonds. The van der Waals surface area contributed by atoms with Crippen LogP contribution in [-0.2, 0) is 7.05 Å². The van der Waals surface area contributed by atoms with Crippen LogP contribution < -0.4 is 9.64 Å². The molecule has 1 aliphatic heterocycles. The Morgan fingerprint density at radius 1 is 0.795 bits per heavy atom. The molecule has 0 saturated heterocycles. The van der Waals surface area contributed by atoms with Crippen molar-refractivity contribution in [2.24, 2.45) is 7.05 Å². The molecule has 0 radical (unpaired) electrons. The summed E-state index contributed by atoms with van der Waals surface area (Å²) in [7, 11) is 4.12. The van der Waals surface area contributed by atoms with Crippen molar-refractivity contribution in [2.75, 3.05) is 18.6 Å². The molecule has 7 rings (SSSR count). The van der Waals surface area contributed by atoms with Crippen LogP contribution in [-0.4, -0.2) is 37.7 Å². The highest BCUT2D eigenvalue weighted by Crippen LogP contribution is 2.35. The van der Waals surface area contributed by atoms with Crippen molar-refractivity contribution in [3.8, 4) is 28.7 Å². The molecule has 0 N–H and O–H groups in total. The Hall–Kier alpha value is -5.04. The third-order valence-electron chi connectivity index (χ3n) is 7.23. The maximum absolute atomic E-state index is 6.32. The molecule has 0 saturated carbocycles. The number of pyridine rings is 1. The lowest BCUT2D eigenvalue weighted by atomic mass is 10.2. The van der Waals surface area contributed by atoms with E-state index in [-0.39, 0.29) is 0 Å². The molecule has 3 aromatic carbocycles. The van der Waals surface area contributed by atoms with Gasteiger partial charge in [-0.05, 0) is 49.4 Å². The lowest BCUT2D eigenvalue weighted by Crippen LogP contribution is -2.21. The Morgan fingerprint density at radius 2 is 1.59 bits per heavy atom. The van der Waals surface area contributed by atoms with Gasteiger partial charge in [-0.3, -0.25) is 4.57 Å². The van der Waals surface area contributed by atoms with Crippen LogP contribution in [0.4, 0.5) is 5.69 Å². The SMILES string of the molecule is Cc1nc(-c2cccc(Oc3cccc(N4C=CN(C)C4)c3)c2)n(C)c1-n1c2ccccc2c2cccnc21. The van der Waals surface area contributed by atoms with Gasteiger partial charge in [-0.25, -0.2) is 9.97 Å². The molecule has 0 bridgehead atoms. The maximum Gasteiger partial charge on any atom is 0.146 e. The Labute approximate surface area is 226 Å². The molecular formula is C32H28N6O. The standard InChI is InChI=1S/C32H28N6O/c1-22-32(38-29-15-5-4-13-27(29)28-14-8-16-33-31(28)38)36(3)30(34-22)23-9-6-11-25(19-23)39-26-12-7-10-24(20-26)37-18-17-35(2)21-37/h4-20H,21H2,1-3H3. The van der Waals surface area contributed by atoms with Crippen molar-refractivity contribution in [1.82, 2.24) is 24.0 Å². The van der Waals surface area contributed by atoms with Crippen molar-refractivity contribution in [3.63, 3.8) is 0 Å². The zero-order valence-corrected chi connectivity index (χ0v) is 22.1. The second kappa shape index (κ2) is 9.06. The van der Waals surface area contributed by atoms with Crippen LogP contribution in [0.3, 0.4) is 0 Å². The third-order valence-corrected chi connectivity index (χ3v) is 7.23. The Morgan fingerprint density at radius 3 is 2.44 bits per heavy atom. The van der Waals surface area contributed by atoms with Crippen molar-refractivity contribution in [2.45, 2.75) is 6.92 Å². The molecule has 7 heteroatoms. The van der Waals surface area contributed by atoms with E-state index in [0.717, 1.165) is 63.3 Å².